The monoisotopic (exact) mass is 349 g/mol. The number of likely N-dealkylation sites (tertiary alicyclic amines) is 1. The zero-order valence-corrected chi connectivity index (χ0v) is 15.0. The number of aryl methyl sites for hydroxylation is 2. The Morgan fingerprint density at radius 3 is 3.04 bits per heavy atom. The van der Waals surface area contributed by atoms with Crippen LogP contribution in [0.1, 0.15) is 59.8 Å². The number of carbonyl (C=O) groups excluding carboxylic acids is 1. The third-order valence-corrected chi connectivity index (χ3v) is 5.82. The molecule has 2 aromatic heterocycles. The Labute approximate surface area is 152 Å². The van der Waals surface area contributed by atoms with Crippen LogP contribution in [0.2, 0.25) is 0 Å². The SMILES string of the molecule is CCn1c([C@H]2CCCN2C(=O)c2n[nH]c3c2CCC3)nc2ccccc21. The molecule has 0 spiro atoms. The van der Waals surface area contributed by atoms with Crippen LogP contribution in [0.3, 0.4) is 0 Å². The van der Waals surface area contributed by atoms with Crippen molar-refractivity contribution in [1.82, 2.24) is 24.6 Å². The number of hydrogen-bond acceptors (Lipinski definition) is 3. The number of amides is 1. The first-order chi connectivity index (χ1) is 12.8. The van der Waals surface area contributed by atoms with Gasteiger partial charge in [-0.15, -0.1) is 0 Å². The molecule has 1 saturated heterocycles. The minimum absolute atomic E-state index is 0.0311. The minimum Gasteiger partial charge on any atom is -0.327 e. The van der Waals surface area contributed by atoms with E-state index in [2.05, 4.69) is 27.8 Å². The van der Waals surface area contributed by atoms with Crippen LogP contribution in [-0.2, 0) is 19.4 Å². The average Bonchev–Trinajstić information content (AvgIpc) is 3.42. The van der Waals surface area contributed by atoms with Gasteiger partial charge in [0, 0.05) is 24.3 Å². The quantitative estimate of drug-likeness (QED) is 0.789. The van der Waals surface area contributed by atoms with Crippen molar-refractivity contribution < 1.29 is 4.79 Å². The second-order valence-corrected chi connectivity index (χ2v) is 7.24. The molecule has 1 aromatic carbocycles. The van der Waals surface area contributed by atoms with E-state index >= 15 is 0 Å². The van der Waals surface area contributed by atoms with Gasteiger partial charge in [-0.1, -0.05) is 12.1 Å². The molecule has 2 aliphatic rings. The van der Waals surface area contributed by atoms with Crippen LogP contribution in [0, 0.1) is 0 Å². The number of imidazole rings is 1. The highest BCUT2D eigenvalue weighted by Crippen LogP contribution is 2.35. The molecule has 1 amide bonds. The largest absolute Gasteiger partial charge is 0.327 e. The van der Waals surface area contributed by atoms with Gasteiger partial charge < -0.3 is 9.47 Å². The summed E-state index contributed by atoms with van der Waals surface area (Å²) in [5, 5.41) is 7.42. The Morgan fingerprint density at radius 2 is 2.15 bits per heavy atom. The molecule has 6 heteroatoms. The lowest BCUT2D eigenvalue weighted by atomic mass is 10.1. The molecule has 1 fully saturated rings. The van der Waals surface area contributed by atoms with Gasteiger partial charge in [0.15, 0.2) is 5.69 Å². The minimum atomic E-state index is 0.0311. The van der Waals surface area contributed by atoms with Crippen LogP contribution < -0.4 is 0 Å². The van der Waals surface area contributed by atoms with E-state index < -0.39 is 0 Å². The number of rotatable bonds is 3. The molecule has 3 heterocycles. The second-order valence-electron chi connectivity index (χ2n) is 7.24. The Kier molecular flexibility index (Phi) is 3.58. The molecular weight excluding hydrogens is 326 g/mol. The van der Waals surface area contributed by atoms with Crippen molar-refractivity contribution in [2.24, 2.45) is 0 Å². The van der Waals surface area contributed by atoms with Crippen LogP contribution in [0.25, 0.3) is 11.0 Å². The van der Waals surface area contributed by atoms with Gasteiger partial charge >= 0.3 is 0 Å². The molecule has 0 saturated carbocycles. The molecule has 5 rings (SSSR count). The van der Waals surface area contributed by atoms with Gasteiger partial charge in [-0.05, 0) is 51.2 Å². The predicted molar refractivity (Wildman–Crippen MR) is 99.0 cm³/mol. The van der Waals surface area contributed by atoms with Crippen molar-refractivity contribution in [1.29, 1.82) is 0 Å². The van der Waals surface area contributed by atoms with E-state index in [1.807, 2.05) is 23.1 Å². The normalized spacial score (nSPS) is 19.4. The zero-order valence-electron chi connectivity index (χ0n) is 15.0. The van der Waals surface area contributed by atoms with E-state index in [4.69, 9.17) is 4.98 Å². The van der Waals surface area contributed by atoms with Gasteiger partial charge in [0.2, 0.25) is 0 Å². The smallest absolute Gasteiger partial charge is 0.275 e. The standard InChI is InChI=1S/C20H23N5O/c1-2-24-16-10-4-3-8-15(16)21-19(24)17-11-6-12-25(17)20(26)18-13-7-5-9-14(13)22-23-18/h3-4,8,10,17H,2,5-7,9,11-12H2,1H3,(H,22,23)/t17-/m1/s1. The highest BCUT2D eigenvalue weighted by atomic mass is 16.2. The lowest BCUT2D eigenvalue weighted by Crippen LogP contribution is -2.32. The highest BCUT2D eigenvalue weighted by Gasteiger charge is 2.36. The molecule has 134 valence electrons. The van der Waals surface area contributed by atoms with Gasteiger partial charge in [0.25, 0.3) is 5.91 Å². The van der Waals surface area contributed by atoms with Crippen LogP contribution >= 0.6 is 0 Å². The van der Waals surface area contributed by atoms with Gasteiger partial charge in [-0.3, -0.25) is 9.89 Å². The first kappa shape index (κ1) is 15.6. The summed E-state index contributed by atoms with van der Waals surface area (Å²) >= 11 is 0. The maximum atomic E-state index is 13.3. The molecule has 26 heavy (non-hydrogen) atoms. The third kappa shape index (κ3) is 2.21. The number of carbonyl (C=O) groups is 1. The van der Waals surface area contributed by atoms with Crippen LogP contribution in [0.15, 0.2) is 24.3 Å². The highest BCUT2D eigenvalue weighted by molar-refractivity contribution is 5.94. The summed E-state index contributed by atoms with van der Waals surface area (Å²) in [6, 6.07) is 8.25. The van der Waals surface area contributed by atoms with Gasteiger partial charge in [0.1, 0.15) is 5.82 Å². The molecular formula is C20H23N5O. The number of para-hydroxylation sites is 2. The van der Waals surface area contributed by atoms with Gasteiger partial charge in [0.05, 0.1) is 17.1 Å². The molecule has 3 aromatic rings. The van der Waals surface area contributed by atoms with Crippen molar-refractivity contribution in [3.8, 4) is 0 Å². The predicted octanol–water partition coefficient (Wildman–Crippen LogP) is 3.25. The fourth-order valence-electron chi connectivity index (χ4n) is 4.59. The number of fused-ring (bicyclic) bond motifs is 2. The number of nitrogens with one attached hydrogen (secondary N) is 1. The summed E-state index contributed by atoms with van der Waals surface area (Å²) in [7, 11) is 0. The maximum absolute atomic E-state index is 13.3. The molecule has 0 unspecified atom stereocenters. The lowest BCUT2D eigenvalue weighted by Gasteiger charge is -2.24. The summed E-state index contributed by atoms with van der Waals surface area (Å²) in [4.78, 5) is 20.2. The number of aromatic amines is 1. The summed E-state index contributed by atoms with van der Waals surface area (Å²) in [6.07, 6.45) is 5.04. The molecule has 1 atom stereocenters. The fraction of sp³-hybridized carbons (Fsp3) is 0.450. The number of aromatic nitrogens is 4. The molecule has 1 N–H and O–H groups in total. The number of H-pyrrole nitrogens is 1. The van der Waals surface area contributed by atoms with E-state index in [0.29, 0.717) is 5.69 Å². The second kappa shape index (κ2) is 5.97. The van der Waals surface area contributed by atoms with E-state index in [-0.39, 0.29) is 11.9 Å². The van der Waals surface area contributed by atoms with Crippen LogP contribution in [0.5, 0.6) is 0 Å². The van der Waals surface area contributed by atoms with Crippen molar-refractivity contribution in [3.63, 3.8) is 0 Å². The fourth-order valence-corrected chi connectivity index (χ4v) is 4.59. The van der Waals surface area contributed by atoms with E-state index in [0.717, 1.165) is 73.3 Å². The zero-order chi connectivity index (χ0) is 17.7. The Bertz CT molecular complexity index is 985. The molecule has 1 aliphatic heterocycles. The van der Waals surface area contributed by atoms with E-state index in [1.54, 1.807) is 0 Å². The Balaban J connectivity index is 1.54. The van der Waals surface area contributed by atoms with Gasteiger partial charge in [-0.2, -0.15) is 5.10 Å². The lowest BCUT2D eigenvalue weighted by molar-refractivity contribution is 0.0720. The van der Waals surface area contributed by atoms with Crippen molar-refractivity contribution in [2.45, 2.75) is 51.6 Å². The van der Waals surface area contributed by atoms with Crippen LogP contribution in [-0.4, -0.2) is 37.1 Å². The molecule has 0 radical (unpaired) electrons. The van der Waals surface area contributed by atoms with E-state index in [1.165, 1.54) is 0 Å². The summed E-state index contributed by atoms with van der Waals surface area (Å²) < 4.78 is 2.25. The first-order valence-corrected chi connectivity index (χ1v) is 9.60. The van der Waals surface area contributed by atoms with Crippen molar-refractivity contribution in [3.05, 3.63) is 47.0 Å². The summed E-state index contributed by atoms with van der Waals surface area (Å²) in [6.45, 7) is 3.77. The van der Waals surface area contributed by atoms with E-state index in [9.17, 15) is 4.79 Å². The number of benzene rings is 1. The topological polar surface area (TPSA) is 66.8 Å². The van der Waals surface area contributed by atoms with Crippen LogP contribution in [0.4, 0.5) is 0 Å². The molecule has 1 aliphatic carbocycles. The summed E-state index contributed by atoms with van der Waals surface area (Å²) in [5.41, 5.74) is 5.05. The first-order valence-electron chi connectivity index (χ1n) is 9.60. The van der Waals surface area contributed by atoms with Crippen molar-refractivity contribution >= 4 is 16.9 Å². The molecule has 0 bridgehead atoms. The maximum Gasteiger partial charge on any atom is 0.275 e. The number of nitrogens with zero attached hydrogens (tertiary/aromatic N) is 4. The molecule has 6 nitrogen and oxygen atoms in total. The van der Waals surface area contributed by atoms with Gasteiger partial charge in [-0.25, -0.2) is 4.98 Å². The third-order valence-electron chi connectivity index (χ3n) is 5.82. The van der Waals surface area contributed by atoms with Crippen molar-refractivity contribution in [2.75, 3.05) is 6.54 Å². The summed E-state index contributed by atoms with van der Waals surface area (Å²) in [5.74, 6) is 1.06. The Hall–Kier alpha value is -2.63. The Morgan fingerprint density at radius 1 is 1.27 bits per heavy atom. The number of hydrogen-bond donors (Lipinski definition) is 1. The average molecular weight is 349 g/mol.